The molecule has 0 unspecified atom stereocenters. The smallest absolute Gasteiger partial charge is 0.105 e. The zero-order valence-electron chi connectivity index (χ0n) is 4.86. The molecule has 58 valence electrons. The lowest BCUT2D eigenvalue weighted by Gasteiger charge is -2.10. The van der Waals surface area contributed by atoms with Crippen molar-refractivity contribution in [3.8, 4) is 0 Å². The average molecular weight is 140 g/mol. The van der Waals surface area contributed by atoms with Gasteiger partial charge in [-0.1, -0.05) is 0 Å². The third kappa shape index (κ3) is 4.31. The maximum Gasteiger partial charge on any atom is 0.105 e. The molecule has 0 aromatic carbocycles. The van der Waals surface area contributed by atoms with Crippen LogP contribution in [-0.2, 0) is 0 Å². The predicted molar refractivity (Wildman–Crippen MR) is 29.8 cm³/mol. The van der Waals surface area contributed by atoms with Crippen molar-refractivity contribution < 1.29 is 25.9 Å². The van der Waals surface area contributed by atoms with Gasteiger partial charge < -0.3 is 25.9 Å². The monoisotopic (exact) mass is 140 g/mol. The van der Waals surface area contributed by atoms with Gasteiger partial charge in [0.25, 0.3) is 0 Å². The first-order valence-electron chi connectivity index (χ1n) is 2.30. The Kier molecular flexibility index (Phi) is 7.63. The molecule has 2 atom stereocenters. The summed E-state index contributed by atoms with van der Waals surface area (Å²) in [6.45, 7) is -1.05. The summed E-state index contributed by atoms with van der Waals surface area (Å²) < 4.78 is 0. The van der Waals surface area contributed by atoms with Crippen molar-refractivity contribution in [1.29, 1.82) is 0 Å². The van der Waals surface area contributed by atoms with Gasteiger partial charge in [0.2, 0.25) is 0 Å². The van der Waals surface area contributed by atoms with E-state index >= 15 is 0 Å². The van der Waals surface area contributed by atoms with E-state index in [-0.39, 0.29) is 5.48 Å². The van der Waals surface area contributed by atoms with Crippen LogP contribution in [0.2, 0.25) is 0 Å². The van der Waals surface area contributed by atoms with Gasteiger partial charge in [-0.15, -0.1) is 0 Å². The van der Waals surface area contributed by atoms with E-state index < -0.39 is 25.4 Å². The normalized spacial score (nSPS) is 16.0. The van der Waals surface area contributed by atoms with E-state index in [1.54, 1.807) is 0 Å². The van der Waals surface area contributed by atoms with Crippen LogP contribution < -0.4 is 0 Å². The summed E-state index contributed by atoms with van der Waals surface area (Å²) in [5, 5.41) is 33.2. The number of hydrogen-bond donors (Lipinski definition) is 4. The fraction of sp³-hybridized carbons (Fsp3) is 1.00. The van der Waals surface area contributed by atoms with E-state index in [1.807, 2.05) is 0 Å². The Balaban J connectivity index is 0. The van der Waals surface area contributed by atoms with Crippen molar-refractivity contribution in [2.75, 3.05) is 13.2 Å². The molecule has 0 spiro atoms. The first-order chi connectivity index (χ1) is 3.72. The van der Waals surface area contributed by atoms with Crippen LogP contribution in [0.3, 0.4) is 0 Å². The van der Waals surface area contributed by atoms with Crippen molar-refractivity contribution in [3.63, 3.8) is 0 Å². The van der Waals surface area contributed by atoms with Gasteiger partial charge in [0.1, 0.15) is 12.2 Å². The topological polar surface area (TPSA) is 112 Å². The Morgan fingerprint density at radius 3 is 1.22 bits per heavy atom. The van der Waals surface area contributed by atoms with Crippen molar-refractivity contribution in [3.05, 3.63) is 0 Å². The summed E-state index contributed by atoms with van der Waals surface area (Å²) in [7, 11) is 0. The third-order valence-electron chi connectivity index (χ3n) is 0.818. The molecular formula is C4H12O5. The van der Waals surface area contributed by atoms with Crippen LogP contribution in [0.1, 0.15) is 0 Å². The number of aliphatic hydroxyl groups is 4. The Hall–Kier alpha value is -0.200. The summed E-state index contributed by atoms with van der Waals surface area (Å²) >= 11 is 0. The zero-order chi connectivity index (χ0) is 6.57. The molecule has 0 saturated carbocycles. The maximum absolute atomic E-state index is 8.47. The molecule has 0 aliphatic heterocycles. The van der Waals surface area contributed by atoms with Crippen LogP contribution >= 0.6 is 0 Å². The lowest BCUT2D eigenvalue weighted by atomic mass is 10.2. The molecule has 5 heteroatoms. The van der Waals surface area contributed by atoms with Crippen LogP contribution in [0.4, 0.5) is 0 Å². The van der Waals surface area contributed by atoms with E-state index in [4.69, 9.17) is 20.4 Å². The highest BCUT2D eigenvalue weighted by Gasteiger charge is 2.12. The molecule has 6 N–H and O–H groups in total. The second-order valence-corrected chi connectivity index (χ2v) is 1.50. The second kappa shape index (κ2) is 5.93. The van der Waals surface area contributed by atoms with Gasteiger partial charge in [-0.3, -0.25) is 0 Å². The molecule has 0 fully saturated rings. The van der Waals surface area contributed by atoms with E-state index in [0.29, 0.717) is 0 Å². The van der Waals surface area contributed by atoms with E-state index in [0.717, 1.165) is 0 Å². The third-order valence-corrected chi connectivity index (χ3v) is 0.818. The second-order valence-electron chi connectivity index (χ2n) is 1.50. The van der Waals surface area contributed by atoms with Gasteiger partial charge in [0.15, 0.2) is 0 Å². The Morgan fingerprint density at radius 1 is 0.889 bits per heavy atom. The van der Waals surface area contributed by atoms with Gasteiger partial charge in [0.05, 0.1) is 13.2 Å². The molecule has 0 bridgehead atoms. The number of aliphatic hydroxyl groups excluding tert-OH is 4. The maximum atomic E-state index is 8.47. The molecular weight excluding hydrogens is 128 g/mol. The minimum Gasteiger partial charge on any atom is -0.412 e. The molecule has 0 saturated heterocycles. The fourth-order valence-corrected chi connectivity index (χ4v) is 0.243. The van der Waals surface area contributed by atoms with Crippen LogP contribution in [0.25, 0.3) is 0 Å². The van der Waals surface area contributed by atoms with E-state index in [1.165, 1.54) is 0 Å². The minimum atomic E-state index is -1.22. The summed E-state index contributed by atoms with van der Waals surface area (Å²) in [6, 6.07) is 0. The molecule has 0 aromatic heterocycles. The molecule has 5 nitrogen and oxygen atoms in total. The summed E-state index contributed by atoms with van der Waals surface area (Å²) in [4.78, 5) is 0. The fourth-order valence-electron chi connectivity index (χ4n) is 0.243. The van der Waals surface area contributed by atoms with Crippen molar-refractivity contribution in [2.24, 2.45) is 0 Å². The quantitative estimate of drug-likeness (QED) is 0.332. The molecule has 0 aliphatic carbocycles. The highest BCUT2D eigenvalue weighted by Crippen LogP contribution is 1.88. The van der Waals surface area contributed by atoms with Crippen LogP contribution in [0.15, 0.2) is 0 Å². The van der Waals surface area contributed by atoms with E-state index in [2.05, 4.69) is 0 Å². The Morgan fingerprint density at radius 2 is 1.11 bits per heavy atom. The van der Waals surface area contributed by atoms with Gasteiger partial charge in [0, 0.05) is 0 Å². The van der Waals surface area contributed by atoms with Gasteiger partial charge in [-0.25, -0.2) is 0 Å². The first kappa shape index (κ1) is 11.6. The standard InChI is InChI=1S/C4H10O4.H2O/c5-1-3(7)4(8)2-6;/h3-8H,1-2H2;1H2/t3-,4+;. The number of hydrogen-bond acceptors (Lipinski definition) is 4. The van der Waals surface area contributed by atoms with Crippen LogP contribution in [-0.4, -0.2) is 51.3 Å². The SMILES string of the molecule is O.OC[C@@H](O)[C@@H](O)CO. The van der Waals surface area contributed by atoms with E-state index in [9.17, 15) is 0 Å². The van der Waals surface area contributed by atoms with Gasteiger partial charge in [-0.2, -0.15) is 0 Å². The first-order valence-corrected chi connectivity index (χ1v) is 2.30. The van der Waals surface area contributed by atoms with Crippen molar-refractivity contribution >= 4 is 0 Å². The predicted octanol–water partition coefficient (Wildman–Crippen LogP) is -3.13. The van der Waals surface area contributed by atoms with Gasteiger partial charge >= 0.3 is 0 Å². The lowest BCUT2D eigenvalue weighted by molar-refractivity contribution is -0.0388. The zero-order valence-corrected chi connectivity index (χ0v) is 4.86. The number of rotatable bonds is 3. The summed E-state index contributed by atoms with van der Waals surface area (Å²) in [6.07, 6.45) is -2.44. The highest BCUT2D eigenvalue weighted by molar-refractivity contribution is 4.62. The highest BCUT2D eigenvalue weighted by atomic mass is 16.4. The summed E-state index contributed by atoms with van der Waals surface area (Å²) in [5.74, 6) is 0. The molecule has 0 amide bonds. The molecule has 0 rings (SSSR count). The molecule has 0 heterocycles. The van der Waals surface area contributed by atoms with Crippen LogP contribution in [0, 0.1) is 0 Å². The Labute approximate surface area is 52.5 Å². The van der Waals surface area contributed by atoms with Crippen LogP contribution in [0.5, 0.6) is 0 Å². The molecule has 9 heavy (non-hydrogen) atoms. The molecule has 0 aromatic rings. The summed E-state index contributed by atoms with van der Waals surface area (Å²) in [5.41, 5.74) is 0. The van der Waals surface area contributed by atoms with Crippen molar-refractivity contribution in [2.45, 2.75) is 12.2 Å². The lowest BCUT2D eigenvalue weighted by Crippen LogP contribution is -2.31. The largest absolute Gasteiger partial charge is 0.412 e. The van der Waals surface area contributed by atoms with Crippen molar-refractivity contribution in [1.82, 2.24) is 0 Å². The minimum absolute atomic E-state index is 0. The average Bonchev–Trinajstić information content (AvgIpc) is 1.84. The Bertz CT molecular complexity index is 48.9. The molecule has 0 radical (unpaired) electrons. The van der Waals surface area contributed by atoms with Gasteiger partial charge in [-0.05, 0) is 0 Å². The molecule has 0 aliphatic rings.